The van der Waals surface area contributed by atoms with Crippen molar-refractivity contribution in [2.75, 3.05) is 13.2 Å². The van der Waals surface area contributed by atoms with Crippen molar-refractivity contribution >= 4 is 14.8 Å². The fourth-order valence-corrected chi connectivity index (χ4v) is 0.941. The van der Waals surface area contributed by atoms with Gasteiger partial charge in [-0.05, 0) is 25.3 Å². The van der Waals surface area contributed by atoms with Crippen LogP contribution in [0.25, 0.3) is 0 Å². The first-order valence-corrected chi connectivity index (χ1v) is 5.26. The first kappa shape index (κ1) is 17.6. The summed E-state index contributed by atoms with van der Waals surface area (Å²) >= 11 is 0. The third-order valence-electron chi connectivity index (χ3n) is 1.19. The van der Waals surface area contributed by atoms with Crippen LogP contribution in [0.2, 0.25) is 0 Å². The number of ether oxygens (including phenoxy) is 1. The lowest BCUT2D eigenvalue weighted by Crippen LogP contribution is -2.36. The van der Waals surface area contributed by atoms with Crippen molar-refractivity contribution in [3.05, 3.63) is 0 Å². The van der Waals surface area contributed by atoms with Crippen LogP contribution in [0.5, 0.6) is 0 Å². The molecular formula is C8H20FN2O4P+2. The van der Waals surface area contributed by atoms with E-state index in [0.29, 0.717) is 0 Å². The number of amides is 1. The van der Waals surface area contributed by atoms with E-state index in [4.69, 9.17) is 4.74 Å². The van der Waals surface area contributed by atoms with Gasteiger partial charge in [-0.1, -0.05) is 0 Å². The first-order valence-electron chi connectivity index (χ1n) is 4.45. The molecule has 0 rings (SSSR count). The highest BCUT2D eigenvalue weighted by atomic mass is 31.1. The lowest BCUT2D eigenvalue weighted by molar-refractivity contribution is 0.0507. The van der Waals surface area contributed by atoms with E-state index in [1.807, 2.05) is 0 Å². The molecule has 1 unspecified atom stereocenters. The Morgan fingerprint density at radius 3 is 2.50 bits per heavy atom. The van der Waals surface area contributed by atoms with Crippen LogP contribution >= 0.6 is 8.69 Å². The number of alkyl halides is 1. The Morgan fingerprint density at radius 1 is 1.50 bits per heavy atom. The van der Waals surface area contributed by atoms with Crippen LogP contribution < -0.4 is 11.5 Å². The van der Waals surface area contributed by atoms with Gasteiger partial charge in [0.25, 0.3) is 0 Å². The maximum absolute atomic E-state index is 12.9. The molecule has 16 heavy (non-hydrogen) atoms. The molecule has 0 aliphatic heterocycles. The number of quaternary nitrogens is 1. The average molecular weight is 258 g/mol. The van der Waals surface area contributed by atoms with Gasteiger partial charge in [0.05, 0.1) is 6.54 Å². The Bertz CT molecular complexity index is 223. The van der Waals surface area contributed by atoms with Gasteiger partial charge in [-0.2, -0.15) is 0 Å². The zero-order valence-electron chi connectivity index (χ0n) is 10.0. The maximum Gasteiger partial charge on any atom is 0.494 e. The third-order valence-corrected chi connectivity index (χ3v) is 1.47. The van der Waals surface area contributed by atoms with Crippen molar-refractivity contribution in [1.29, 1.82) is 0 Å². The largest absolute Gasteiger partial charge is 0.494 e. The molecule has 0 spiro atoms. The maximum atomic E-state index is 12.9. The van der Waals surface area contributed by atoms with Gasteiger partial charge >= 0.3 is 14.8 Å². The third kappa shape index (κ3) is 11.3. The summed E-state index contributed by atoms with van der Waals surface area (Å²) in [4.78, 5) is 11.0. The van der Waals surface area contributed by atoms with Crippen molar-refractivity contribution in [3.8, 4) is 0 Å². The van der Waals surface area contributed by atoms with Gasteiger partial charge in [0.2, 0.25) is 0 Å². The van der Waals surface area contributed by atoms with Gasteiger partial charge in [0.15, 0.2) is 0 Å². The van der Waals surface area contributed by atoms with Gasteiger partial charge in [-0.15, -0.1) is 4.52 Å². The summed E-state index contributed by atoms with van der Waals surface area (Å²) in [6, 6.07) is 0. The molecule has 0 fully saturated rings. The van der Waals surface area contributed by atoms with E-state index >= 15 is 0 Å². The molecule has 0 aliphatic rings. The molecule has 0 aliphatic carbocycles. The highest BCUT2D eigenvalue weighted by Gasteiger charge is 2.17. The fourth-order valence-electron chi connectivity index (χ4n) is 0.692. The molecule has 0 bridgehead atoms. The van der Waals surface area contributed by atoms with E-state index in [2.05, 4.69) is 9.84 Å². The van der Waals surface area contributed by atoms with E-state index in [1.54, 1.807) is 20.8 Å². The zero-order valence-corrected chi connectivity index (χ0v) is 11.0. The SMILES string of the molecule is CC(C)(C)OC(=O)NC[C@@H](F)CO[PH+]=O.[NH4+]. The lowest BCUT2D eigenvalue weighted by Gasteiger charge is -2.19. The molecule has 0 aromatic rings. The van der Waals surface area contributed by atoms with Crippen LogP contribution in [-0.2, 0) is 13.8 Å². The van der Waals surface area contributed by atoms with Crippen molar-refractivity contribution in [2.24, 2.45) is 0 Å². The predicted octanol–water partition coefficient (Wildman–Crippen LogP) is 2.18. The number of rotatable bonds is 5. The zero-order chi connectivity index (χ0) is 11.9. The minimum atomic E-state index is -1.39. The fraction of sp³-hybridized carbons (Fsp3) is 0.875. The molecule has 0 aromatic heterocycles. The topological polar surface area (TPSA) is 101 Å². The monoisotopic (exact) mass is 258 g/mol. The van der Waals surface area contributed by atoms with E-state index in [9.17, 15) is 13.8 Å². The summed E-state index contributed by atoms with van der Waals surface area (Å²) in [5, 5.41) is 2.23. The second kappa shape index (κ2) is 8.38. The summed E-state index contributed by atoms with van der Waals surface area (Å²) in [5.74, 6) is 0. The number of hydrogen-bond acceptors (Lipinski definition) is 4. The summed E-state index contributed by atoms with van der Waals surface area (Å²) < 4.78 is 31.9. The summed E-state index contributed by atoms with van der Waals surface area (Å²) in [7, 11) is -0.993. The van der Waals surface area contributed by atoms with Crippen LogP contribution in [0.15, 0.2) is 0 Å². The molecule has 5 N–H and O–H groups in total. The Morgan fingerprint density at radius 2 is 2.06 bits per heavy atom. The molecule has 0 heterocycles. The summed E-state index contributed by atoms with van der Waals surface area (Å²) in [6.45, 7) is 4.60. The number of halogens is 1. The second-order valence-corrected chi connectivity index (χ2v) is 4.33. The average Bonchev–Trinajstić information content (AvgIpc) is 2.08. The second-order valence-electron chi connectivity index (χ2n) is 3.87. The molecule has 1 amide bonds. The van der Waals surface area contributed by atoms with Crippen LogP contribution in [0.3, 0.4) is 0 Å². The molecule has 2 atom stereocenters. The van der Waals surface area contributed by atoms with E-state index in [-0.39, 0.29) is 19.3 Å². The van der Waals surface area contributed by atoms with E-state index < -0.39 is 26.6 Å². The van der Waals surface area contributed by atoms with Gasteiger partial charge in [0, 0.05) is 0 Å². The quantitative estimate of drug-likeness (QED) is 0.738. The van der Waals surface area contributed by atoms with Crippen molar-refractivity contribution in [1.82, 2.24) is 11.5 Å². The molecule has 0 aromatic carbocycles. The van der Waals surface area contributed by atoms with E-state index in [0.717, 1.165) is 0 Å². The van der Waals surface area contributed by atoms with Crippen molar-refractivity contribution < 1.29 is 23.0 Å². The predicted molar refractivity (Wildman–Crippen MR) is 60.1 cm³/mol. The molecule has 0 radical (unpaired) electrons. The summed E-state index contributed by atoms with van der Waals surface area (Å²) in [5.41, 5.74) is -0.608. The number of hydrogen-bond donors (Lipinski definition) is 2. The number of carbonyl (C=O) groups excluding carboxylic acids is 1. The number of carbonyl (C=O) groups is 1. The number of alkyl carbamates (subject to hydrolysis) is 1. The van der Waals surface area contributed by atoms with Crippen molar-refractivity contribution in [3.63, 3.8) is 0 Å². The molecular weight excluding hydrogens is 238 g/mol. The van der Waals surface area contributed by atoms with Gasteiger partial charge in [-0.25, -0.2) is 9.18 Å². The highest BCUT2D eigenvalue weighted by molar-refractivity contribution is 7.17. The van der Waals surface area contributed by atoms with Crippen LogP contribution in [0.4, 0.5) is 9.18 Å². The van der Waals surface area contributed by atoms with Crippen molar-refractivity contribution in [2.45, 2.75) is 32.5 Å². The minimum absolute atomic E-state index is 0. The smallest absolute Gasteiger partial charge is 0.444 e. The molecule has 0 saturated heterocycles. The first-order chi connectivity index (χ1) is 6.85. The van der Waals surface area contributed by atoms with Crippen LogP contribution in [0, 0.1) is 0 Å². The molecule has 96 valence electrons. The lowest BCUT2D eigenvalue weighted by atomic mass is 10.2. The number of nitrogens with one attached hydrogen (secondary N) is 1. The Labute approximate surface area is 95.7 Å². The standard InChI is InChI=1S/C8H15FNO4P.H3N/c1-8(2,3)14-7(11)10-4-6(9)5-13-15-12;/h6,15H,4-5H2,1-3H3;1H3/p+2/t6-;/m1./s1. The normalized spacial score (nSPS) is 12.8. The Kier molecular flexibility index (Phi) is 9.22. The molecule has 6 nitrogen and oxygen atoms in total. The van der Waals surface area contributed by atoms with Crippen LogP contribution in [0.1, 0.15) is 20.8 Å². The van der Waals surface area contributed by atoms with Gasteiger partial charge in [-0.3, -0.25) is 0 Å². The van der Waals surface area contributed by atoms with E-state index in [1.165, 1.54) is 0 Å². The Hall–Kier alpha value is -0.780. The summed E-state index contributed by atoms with van der Waals surface area (Å²) in [6.07, 6.45) is -2.08. The van der Waals surface area contributed by atoms with Crippen LogP contribution in [-0.4, -0.2) is 31.0 Å². The molecule has 8 heteroatoms. The molecule has 0 saturated carbocycles. The Balaban J connectivity index is 0. The van der Waals surface area contributed by atoms with Gasteiger partial charge in [0.1, 0.15) is 18.4 Å². The minimum Gasteiger partial charge on any atom is -0.444 e. The van der Waals surface area contributed by atoms with Gasteiger partial charge < -0.3 is 16.2 Å². The highest BCUT2D eigenvalue weighted by Crippen LogP contribution is 2.06.